The predicted molar refractivity (Wildman–Crippen MR) is 48.9 cm³/mol. The maximum Gasteiger partial charge on any atom is 0.307 e. The van der Waals surface area contributed by atoms with E-state index in [4.69, 9.17) is 5.73 Å². The molecule has 0 rings (SSSR count). The molecule has 0 bridgehead atoms. The smallest absolute Gasteiger partial charge is 0.307 e. The highest BCUT2D eigenvalue weighted by Gasteiger charge is 2.16. The fourth-order valence-corrected chi connectivity index (χ4v) is 0.784. The van der Waals surface area contributed by atoms with Gasteiger partial charge in [-0.3, -0.25) is 15.3 Å². The highest BCUT2D eigenvalue weighted by Crippen LogP contribution is 1.99. The quantitative estimate of drug-likeness (QED) is 0.497. The summed E-state index contributed by atoms with van der Waals surface area (Å²) < 4.78 is 4.65. The zero-order chi connectivity index (χ0) is 10.3. The average molecular weight is 187 g/mol. The van der Waals surface area contributed by atoms with Crippen LogP contribution in [0.15, 0.2) is 0 Å². The van der Waals surface area contributed by atoms with Crippen LogP contribution in [0.3, 0.4) is 0 Å². The number of unbranched alkanes of at least 4 members (excludes halogenated alkanes) is 1. The minimum absolute atomic E-state index is 0.205. The van der Waals surface area contributed by atoms with Crippen molar-refractivity contribution in [2.24, 2.45) is 5.73 Å². The number of carbonyl (C=O) groups is 2. The fraction of sp³-hybridized carbons (Fsp3) is 0.778. The second-order valence-corrected chi connectivity index (χ2v) is 2.83. The molecule has 0 aromatic heterocycles. The molecule has 76 valence electrons. The van der Waals surface area contributed by atoms with Gasteiger partial charge in [0.1, 0.15) is 0 Å². The lowest BCUT2D eigenvalue weighted by molar-refractivity contribution is -0.154. The minimum atomic E-state index is -1.07. The van der Waals surface area contributed by atoms with E-state index < -0.39 is 12.2 Å². The van der Waals surface area contributed by atoms with Crippen LogP contribution >= 0.6 is 0 Å². The molecule has 1 atom stereocenters. The number of carbonyl (C=O) groups excluding carboxylic acids is 2. The molecule has 0 aliphatic heterocycles. The van der Waals surface area contributed by atoms with Gasteiger partial charge in [0.15, 0.2) is 5.78 Å². The molecule has 13 heavy (non-hydrogen) atoms. The van der Waals surface area contributed by atoms with E-state index in [0.717, 1.165) is 12.8 Å². The maximum absolute atomic E-state index is 11.2. The largest absolute Gasteiger partial charge is 0.439 e. The minimum Gasteiger partial charge on any atom is -0.439 e. The topological polar surface area (TPSA) is 69.4 Å². The summed E-state index contributed by atoms with van der Waals surface area (Å²) in [7, 11) is 0. The number of nitrogens with two attached hydrogens (primary N) is 1. The first kappa shape index (κ1) is 12.1. The zero-order valence-electron chi connectivity index (χ0n) is 8.21. The van der Waals surface area contributed by atoms with E-state index >= 15 is 0 Å². The number of ether oxygens (including phenoxy) is 1. The summed E-state index contributed by atoms with van der Waals surface area (Å²) in [6, 6.07) is 0. The van der Waals surface area contributed by atoms with Crippen molar-refractivity contribution in [3.63, 3.8) is 0 Å². The second kappa shape index (κ2) is 6.60. The van der Waals surface area contributed by atoms with Crippen molar-refractivity contribution in [1.82, 2.24) is 0 Å². The second-order valence-electron chi connectivity index (χ2n) is 2.83. The van der Waals surface area contributed by atoms with Gasteiger partial charge in [-0.1, -0.05) is 20.3 Å². The van der Waals surface area contributed by atoms with Crippen LogP contribution in [0.5, 0.6) is 0 Å². The van der Waals surface area contributed by atoms with Crippen LogP contribution in [0.4, 0.5) is 0 Å². The Labute approximate surface area is 78.4 Å². The number of ketones is 1. The monoisotopic (exact) mass is 187 g/mol. The van der Waals surface area contributed by atoms with Crippen LogP contribution in [-0.4, -0.2) is 18.0 Å². The standard InChI is InChI=1S/C9H17NO3/c1-3-5-6-7(11)9(10)13-8(12)4-2/h9H,3-6,10H2,1-2H3. The Kier molecular flexibility index (Phi) is 6.14. The third-order valence-electron chi connectivity index (χ3n) is 1.64. The van der Waals surface area contributed by atoms with E-state index in [1.165, 1.54) is 0 Å². The molecule has 0 radical (unpaired) electrons. The summed E-state index contributed by atoms with van der Waals surface area (Å²) in [5.41, 5.74) is 5.34. The van der Waals surface area contributed by atoms with Crippen molar-refractivity contribution in [2.75, 3.05) is 0 Å². The summed E-state index contributed by atoms with van der Waals surface area (Å²) in [5.74, 6) is -0.638. The van der Waals surface area contributed by atoms with Crippen LogP contribution in [0.2, 0.25) is 0 Å². The number of esters is 1. The molecule has 4 heteroatoms. The van der Waals surface area contributed by atoms with E-state index in [0.29, 0.717) is 6.42 Å². The molecule has 0 aromatic rings. The normalized spacial score (nSPS) is 12.2. The van der Waals surface area contributed by atoms with Crippen LogP contribution in [0.25, 0.3) is 0 Å². The lowest BCUT2D eigenvalue weighted by Gasteiger charge is -2.10. The predicted octanol–water partition coefficient (Wildman–Crippen LogP) is 0.984. The van der Waals surface area contributed by atoms with Gasteiger partial charge in [0.25, 0.3) is 0 Å². The van der Waals surface area contributed by atoms with Gasteiger partial charge in [-0.25, -0.2) is 0 Å². The van der Waals surface area contributed by atoms with Crippen LogP contribution < -0.4 is 5.73 Å². The molecular formula is C9H17NO3. The van der Waals surface area contributed by atoms with Gasteiger partial charge < -0.3 is 4.74 Å². The number of rotatable bonds is 6. The first-order valence-corrected chi connectivity index (χ1v) is 4.59. The highest BCUT2D eigenvalue weighted by molar-refractivity contribution is 5.84. The summed E-state index contributed by atoms with van der Waals surface area (Å²) in [6.45, 7) is 3.64. The number of hydrogen-bond donors (Lipinski definition) is 1. The Morgan fingerprint density at radius 1 is 1.38 bits per heavy atom. The summed E-state index contributed by atoms with van der Waals surface area (Å²) in [4.78, 5) is 21.9. The molecule has 0 saturated heterocycles. The molecule has 1 unspecified atom stereocenters. The van der Waals surface area contributed by atoms with E-state index in [2.05, 4.69) is 4.74 Å². The van der Waals surface area contributed by atoms with E-state index in [1.54, 1.807) is 6.92 Å². The van der Waals surface area contributed by atoms with Crippen LogP contribution in [-0.2, 0) is 14.3 Å². The van der Waals surface area contributed by atoms with Crippen LogP contribution in [0.1, 0.15) is 39.5 Å². The van der Waals surface area contributed by atoms with Gasteiger partial charge in [0, 0.05) is 12.8 Å². The van der Waals surface area contributed by atoms with Gasteiger partial charge in [-0.05, 0) is 6.42 Å². The first-order valence-electron chi connectivity index (χ1n) is 4.59. The van der Waals surface area contributed by atoms with Gasteiger partial charge in [0.2, 0.25) is 6.23 Å². The Morgan fingerprint density at radius 3 is 2.46 bits per heavy atom. The van der Waals surface area contributed by atoms with Crippen molar-refractivity contribution < 1.29 is 14.3 Å². The average Bonchev–Trinajstić information content (AvgIpc) is 2.13. The molecule has 0 amide bonds. The maximum atomic E-state index is 11.2. The summed E-state index contributed by atoms with van der Waals surface area (Å²) in [5, 5.41) is 0. The van der Waals surface area contributed by atoms with Crippen LogP contribution in [0, 0.1) is 0 Å². The third-order valence-corrected chi connectivity index (χ3v) is 1.64. The molecule has 2 N–H and O–H groups in total. The SMILES string of the molecule is CCCCC(=O)C(N)OC(=O)CC. The number of Topliss-reactive ketones (excluding diaryl/α,β-unsaturated/α-hetero) is 1. The lowest BCUT2D eigenvalue weighted by atomic mass is 10.2. The van der Waals surface area contributed by atoms with Crippen molar-refractivity contribution in [3.05, 3.63) is 0 Å². The Bertz CT molecular complexity index is 180. The molecule has 0 spiro atoms. The molecule has 0 aromatic carbocycles. The molecule has 0 aliphatic carbocycles. The first-order chi connectivity index (χ1) is 6.11. The molecule has 4 nitrogen and oxygen atoms in total. The summed E-state index contributed by atoms with van der Waals surface area (Å²) >= 11 is 0. The van der Waals surface area contributed by atoms with Gasteiger partial charge in [-0.15, -0.1) is 0 Å². The van der Waals surface area contributed by atoms with E-state index in [1.807, 2.05) is 6.92 Å². The van der Waals surface area contributed by atoms with Gasteiger partial charge >= 0.3 is 5.97 Å². The molecule has 0 heterocycles. The molecule has 0 fully saturated rings. The Hall–Kier alpha value is -0.900. The van der Waals surface area contributed by atoms with Crippen molar-refractivity contribution in [1.29, 1.82) is 0 Å². The Morgan fingerprint density at radius 2 is 2.00 bits per heavy atom. The van der Waals surface area contributed by atoms with E-state index in [-0.39, 0.29) is 12.2 Å². The number of hydrogen-bond acceptors (Lipinski definition) is 4. The molecule has 0 aliphatic rings. The fourth-order valence-electron chi connectivity index (χ4n) is 0.784. The van der Waals surface area contributed by atoms with Crippen molar-refractivity contribution >= 4 is 11.8 Å². The highest BCUT2D eigenvalue weighted by atomic mass is 16.6. The zero-order valence-corrected chi connectivity index (χ0v) is 8.21. The van der Waals surface area contributed by atoms with Crippen molar-refractivity contribution in [2.45, 2.75) is 45.8 Å². The van der Waals surface area contributed by atoms with Gasteiger partial charge in [-0.2, -0.15) is 0 Å². The Balaban J connectivity index is 3.75. The lowest BCUT2D eigenvalue weighted by Crippen LogP contribution is -2.35. The van der Waals surface area contributed by atoms with Crippen molar-refractivity contribution in [3.8, 4) is 0 Å². The third kappa shape index (κ3) is 5.36. The van der Waals surface area contributed by atoms with E-state index in [9.17, 15) is 9.59 Å². The molecular weight excluding hydrogens is 170 g/mol. The van der Waals surface area contributed by atoms with Gasteiger partial charge in [0.05, 0.1) is 0 Å². The summed E-state index contributed by atoms with van der Waals surface area (Å²) in [6.07, 6.45) is 1.28. The molecule has 0 saturated carbocycles.